The molecule has 27 heavy (non-hydrogen) atoms. The quantitative estimate of drug-likeness (QED) is 0.524. The summed E-state index contributed by atoms with van der Waals surface area (Å²) in [5, 5.41) is 4.45. The van der Waals surface area contributed by atoms with Gasteiger partial charge in [0.2, 0.25) is 6.79 Å². The third-order valence-electron chi connectivity index (χ3n) is 4.51. The first kappa shape index (κ1) is 15.6. The molecule has 4 aromatic rings. The standard InChI is InChI=1S/C22H15FN2O2/c23-15-7-5-14(6-8-15)19-12-20(17-3-1-2-4-18(17)25-19)24-16-9-10-21-22(11-16)27-13-26-21/h1-12H,13H2,(H,24,25). The summed E-state index contributed by atoms with van der Waals surface area (Å²) in [6.07, 6.45) is 0. The van der Waals surface area contributed by atoms with Crippen LogP contribution in [0, 0.1) is 5.82 Å². The number of pyridine rings is 1. The van der Waals surface area contributed by atoms with Gasteiger partial charge in [-0.1, -0.05) is 18.2 Å². The number of halogens is 1. The Hall–Kier alpha value is -3.60. The second-order valence-electron chi connectivity index (χ2n) is 6.27. The number of hydrogen-bond acceptors (Lipinski definition) is 4. The highest BCUT2D eigenvalue weighted by molar-refractivity contribution is 5.95. The minimum Gasteiger partial charge on any atom is -0.454 e. The fourth-order valence-electron chi connectivity index (χ4n) is 3.18. The predicted molar refractivity (Wildman–Crippen MR) is 103 cm³/mol. The van der Waals surface area contributed by atoms with E-state index in [1.54, 1.807) is 12.1 Å². The van der Waals surface area contributed by atoms with Gasteiger partial charge in [-0.3, -0.25) is 0 Å². The smallest absolute Gasteiger partial charge is 0.231 e. The fraction of sp³-hybridized carbons (Fsp3) is 0.0455. The molecule has 1 aliphatic heterocycles. The number of nitrogens with zero attached hydrogens (tertiary/aromatic N) is 1. The molecule has 0 saturated carbocycles. The molecule has 0 unspecified atom stereocenters. The summed E-state index contributed by atoms with van der Waals surface area (Å²) in [6, 6.07) is 22.0. The van der Waals surface area contributed by atoms with Crippen molar-refractivity contribution in [2.24, 2.45) is 0 Å². The summed E-state index contributed by atoms with van der Waals surface area (Å²) < 4.78 is 24.1. The molecule has 0 amide bonds. The number of anilines is 2. The lowest BCUT2D eigenvalue weighted by molar-refractivity contribution is 0.174. The minimum atomic E-state index is -0.266. The van der Waals surface area contributed by atoms with Crippen molar-refractivity contribution in [3.05, 3.63) is 78.6 Å². The topological polar surface area (TPSA) is 43.4 Å². The van der Waals surface area contributed by atoms with Crippen molar-refractivity contribution >= 4 is 22.3 Å². The van der Waals surface area contributed by atoms with Crippen LogP contribution in [-0.2, 0) is 0 Å². The molecule has 0 saturated heterocycles. The number of rotatable bonds is 3. The van der Waals surface area contributed by atoms with Crippen LogP contribution in [-0.4, -0.2) is 11.8 Å². The van der Waals surface area contributed by atoms with E-state index in [0.717, 1.165) is 45.0 Å². The third-order valence-corrected chi connectivity index (χ3v) is 4.51. The first-order valence-corrected chi connectivity index (χ1v) is 8.59. The van der Waals surface area contributed by atoms with Crippen molar-refractivity contribution in [1.82, 2.24) is 4.98 Å². The zero-order valence-corrected chi connectivity index (χ0v) is 14.3. The number of ether oxygens (including phenoxy) is 2. The maximum absolute atomic E-state index is 13.3. The SMILES string of the molecule is Fc1ccc(-c2cc(Nc3ccc4c(c3)OCO4)c3ccccc3n2)cc1. The molecule has 0 spiro atoms. The lowest BCUT2D eigenvalue weighted by atomic mass is 10.1. The Balaban J connectivity index is 1.60. The third kappa shape index (κ3) is 2.93. The molecule has 0 radical (unpaired) electrons. The summed E-state index contributed by atoms with van der Waals surface area (Å²) >= 11 is 0. The Morgan fingerprint density at radius 1 is 0.852 bits per heavy atom. The van der Waals surface area contributed by atoms with Gasteiger partial charge in [-0.2, -0.15) is 0 Å². The fourth-order valence-corrected chi connectivity index (χ4v) is 3.18. The van der Waals surface area contributed by atoms with Crippen LogP contribution >= 0.6 is 0 Å². The van der Waals surface area contributed by atoms with Crippen molar-refractivity contribution in [2.45, 2.75) is 0 Å². The first-order chi connectivity index (χ1) is 13.3. The number of fused-ring (bicyclic) bond motifs is 2. The summed E-state index contributed by atoms with van der Waals surface area (Å²) in [5.74, 6) is 1.20. The molecule has 0 aliphatic carbocycles. The Kier molecular flexibility index (Phi) is 3.64. The molecule has 5 rings (SSSR count). The van der Waals surface area contributed by atoms with Gasteiger partial charge >= 0.3 is 0 Å². The molecular formula is C22H15FN2O2. The maximum atomic E-state index is 13.3. The molecule has 132 valence electrons. The monoisotopic (exact) mass is 358 g/mol. The van der Waals surface area contributed by atoms with Crippen LogP contribution in [0.4, 0.5) is 15.8 Å². The van der Waals surface area contributed by atoms with E-state index in [-0.39, 0.29) is 12.6 Å². The molecule has 1 aliphatic rings. The van der Waals surface area contributed by atoms with E-state index in [9.17, 15) is 4.39 Å². The van der Waals surface area contributed by atoms with Gasteiger partial charge in [0.15, 0.2) is 11.5 Å². The van der Waals surface area contributed by atoms with Crippen molar-refractivity contribution in [2.75, 3.05) is 12.1 Å². The molecular weight excluding hydrogens is 343 g/mol. The molecule has 0 fully saturated rings. The Labute approximate surface area is 155 Å². The van der Waals surface area contributed by atoms with E-state index in [2.05, 4.69) is 5.32 Å². The zero-order chi connectivity index (χ0) is 18.2. The molecule has 0 atom stereocenters. The molecule has 1 aromatic heterocycles. The van der Waals surface area contributed by atoms with E-state index in [1.807, 2.05) is 48.5 Å². The van der Waals surface area contributed by atoms with Crippen molar-refractivity contribution in [3.63, 3.8) is 0 Å². The van der Waals surface area contributed by atoms with Gasteiger partial charge in [-0.15, -0.1) is 0 Å². The molecule has 2 heterocycles. The highest BCUT2D eigenvalue weighted by Crippen LogP contribution is 2.36. The van der Waals surface area contributed by atoms with Crippen LogP contribution < -0.4 is 14.8 Å². The largest absolute Gasteiger partial charge is 0.454 e. The van der Waals surface area contributed by atoms with Gasteiger partial charge in [0.25, 0.3) is 0 Å². The highest BCUT2D eigenvalue weighted by Gasteiger charge is 2.14. The number of benzene rings is 3. The number of hydrogen-bond donors (Lipinski definition) is 1. The zero-order valence-electron chi connectivity index (χ0n) is 14.3. The lowest BCUT2D eigenvalue weighted by Gasteiger charge is -2.13. The van der Waals surface area contributed by atoms with Gasteiger partial charge in [0.05, 0.1) is 16.9 Å². The summed E-state index contributed by atoms with van der Waals surface area (Å²) in [5.41, 5.74) is 4.30. The van der Waals surface area contributed by atoms with Crippen LogP contribution in [0.15, 0.2) is 72.8 Å². The number of aromatic nitrogens is 1. The predicted octanol–water partition coefficient (Wildman–Crippen LogP) is 5.51. The van der Waals surface area contributed by atoms with Crippen LogP contribution in [0.5, 0.6) is 11.5 Å². The van der Waals surface area contributed by atoms with E-state index in [1.165, 1.54) is 12.1 Å². The van der Waals surface area contributed by atoms with E-state index < -0.39 is 0 Å². The van der Waals surface area contributed by atoms with Crippen LogP contribution in [0.1, 0.15) is 0 Å². The average molecular weight is 358 g/mol. The molecule has 3 aromatic carbocycles. The lowest BCUT2D eigenvalue weighted by Crippen LogP contribution is -1.95. The van der Waals surface area contributed by atoms with Crippen molar-refractivity contribution in [1.29, 1.82) is 0 Å². The number of para-hydroxylation sites is 1. The van der Waals surface area contributed by atoms with Crippen molar-refractivity contribution in [3.8, 4) is 22.8 Å². The number of nitrogens with one attached hydrogen (secondary N) is 1. The van der Waals surface area contributed by atoms with Gasteiger partial charge in [0, 0.05) is 22.7 Å². The summed E-state index contributed by atoms with van der Waals surface area (Å²) in [6.45, 7) is 0.242. The molecule has 0 bridgehead atoms. The second-order valence-corrected chi connectivity index (χ2v) is 6.27. The van der Waals surface area contributed by atoms with Crippen LogP contribution in [0.2, 0.25) is 0 Å². The average Bonchev–Trinajstić information content (AvgIpc) is 3.16. The van der Waals surface area contributed by atoms with Gasteiger partial charge < -0.3 is 14.8 Å². The van der Waals surface area contributed by atoms with Crippen LogP contribution in [0.3, 0.4) is 0 Å². The Morgan fingerprint density at radius 3 is 2.56 bits per heavy atom. The second kappa shape index (κ2) is 6.29. The van der Waals surface area contributed by atoms with E-state index in [4.69, 9.17) is 14.5 Å². The first-order valence-electron chi connectivity index (χ1n) is 8.59. The molecule has 5 heteroatoms. The highest BCUT2D eigenvalue weighted by atomic mass is 19.1. The van der Waals surface area contributed by atoms with Gasteiger partial charge in [0.1, 0.15) is 5.82 Å². The Morgan fingerprint density at radius 2 is 1.67 bits per heavy atom. The molecule has 4 nitrogen and oxygen atoms in total. The van der Waals surface area contributed by atoms with Crippen LogP contribution in [0.25, 0.3) is 22.2 Å². The molecule has 1 N–H and O–H groups in total. The van der Waals surface area contributed by atoms with Gasteiger partial charge in [-0.25, -0.2) is 9.37 Å². The normalized spacial score (nSPS) is 12.3. The minimum absolute atomic E-state index is 0.242. The van der Waals surface area contributed by atoms with E-state index >= 15 is 0 Å². The van der Waals surface area contributed by atoms with Gasteiger partial charge in [-0.05, 0) is 48.5 Å². The maximum Gasteiger partial charge on any atom is 0.231 e. The Bertz CT molecular complexity index is 1140. The summed E-state index contributed by atoms with van der Waals surface area (Å²) in [7, 11) is 0. The summed E-state index contributed by atoms with van der Waals surface area (Å²) in [4.78, 5) is 4.73. The van der Waals surface area contributed by atoms with E-state index in [0.29, 0.717) is 0 Å². The van der Waals surface area contributed by atoms with Crippen molar-refractivity contribution < 1.29 is 13.9 Å².